The first-order valence-corrected chi connectivity index (χ1v) is 6.06. The molecule has 1 aliphatic rings. The molecule has 0 aliphatic carbocycles. The fourth-order valence-corrected chi connectivity index (χ4v) is 2.25. The number of carbonyl (C=O) groups is 2. The van der Waals surface area contributed by atoms with E-state index in [1.165, 1.54) is 4.90 Å². The summed E-state index contributed by atoms with van der Waals surface area (Å²) >= 11 is 0. The summed E-state index contributed by atoms with van der Waals surface area (Å²) in [4.78, 5) is 25.5. The number of rotatable bonds is 4. The fraction of sp³-hybridized carbons (Fsp3) is 0.727. The number of oxime groups is 1. The van der Waals surface area contributed by atoms with Crippen molar-refractivity contribution in [1.82, 2.24) is 10.2 Å². The zero-order valence-electron chi connectivity index (χ0n) is 10.7. The van der Waals surface area contributed by atoms with Crippen LogP contribution in [0.2, 0.25) is 0 Å². The van der Waals surface area contributed by atoms with E-state index in [1.807, 2.05) is 0 Å². The molecular formula is C11H20N4O3. The molecule has 102 valence electrons. The molecule has 2 atom stereocenters. The van der Waals surface area contributed by atoms with Crippen molar-refractivity contribution in [3.8, 4) is 0 Å². The van der Waals surface area contributed by atoms with Gasteiger partial charge in [0.2, 0.25) is 11.8 Å². The zero-order valence-corrected chi connectivity index (χ0v) is 10.7. The highest BCUT2D eigenvalue weighted by Gasteiger charge is 2.37. The number of carbonyl (C=O) groups excluding carboxylic acids is 2. The molecular weight excluding hydrogens is 236 g/mol. The van der Waals surface area contributed by atoms with Crippen LogP contribution in [0.25, 0.3) is 0 Å². The minimum absolute atomic E-state index is 0.106. The number of likely N-dealkylation sites (N-methyl/N-ethyl adjacent to an activating group) is 1. The van der Waals surface area contributed by atoms with Crippen molar-refractivity contribution in [2.24, 2.45) is 16.8 Å². The summed E-state index contributed by atoms with van der Waals surface area (Å²) in [7, 11) is 1.55. The lowest BCUT2D eigenvalue weighted by Crippen LogP contribution is -2.49. The molecule has 1 saturated heterocycles. The van der Waals surface area contributed by atoms with Crippen molar-refractivity contribution >= 4 is 17.6 Å². The smallest absolute Gasteiger partial charge is 0.242 e. The molecule has 0 radical (unpaired) electrons. The van der Waals surface area contributed by atoms with Gasteiger partial charge in [0.05, 0.1) is 5.92 Å². The van der Waals surface area contributed by atoms with E-state index in [1.54, 1.807) is 14.0 Å². The second-order valence-corrected chi connectivity index (χ2v) is 4.29. The van der Waals surface area contributed by atoms with Gasteiger partial charge in [0.25, 0.3) is 0 Å². The predicted octanol–water partition coefficient (Wildman–Crippen LogP) is -0.504. The average Bonchev–Trinajstić information content (AvgIpc) is 2.87. The van der Waals surface area contributed by atoms with E-state index in [9.17, 15) is 9.59 Å². The zero-order chi connectivity index (χ0) is 13.7. The molecule has 2 amide bonds. The Morgan fingerprint density at radius 1 is 1.61 bits per heavy atom. The van der Waals surface area contributed by atoms with E-state index in [-0.39, 0.29) is 17.6 Å². The SMILES string of the molecule is CCC(C(=O)N1CCCC1C(=O)NC)C(N)=NO. The number of nitrogens with two attached hydrogens (primary N) is 1. The lowest BCUT2D eigenvalue weighted by molar-refractivity contribution is -0.139. The van der Waals surface area contributed by atoms with E-state index < -0.39 is 12.0 Å². The number of nitrogens with zero attached hydrogens (tertiary/aromatic N) is 2. The van der Waals surface area contributed by atoms with Crippen LogP contribution in [-0.2, 0) is 9.59 Å². The fourth-order valence-electron chi connectivity index (χ4n) is 2.25. The van der Waals surface area contributed by atoms with Gasteiger partial charge in [-0.25, -0.2) is 0 Å². The Hall–Kier alpha value is -1.79. The number of amides is 2. The Morgan fingerprint density at radius 3 is 2.78 bits per heavy atom. The Bertz CT molecular complexity index is 356. The summed E-state index contributed by atoms with van der Waals surface area (Å²) in [6.07, 6.45) is 1.88. The van der Waals surface area contributed by atoms with Crippen molar-refractivity contribution in [2.75, 3.05) is 13.6 Å². The largest absolute Gasteiger partial charge is 0.409 e. The Kier molecular flexibility index (Phi) is 4.94. The summed E-state index contributed by atoms with van der Waals surface area (Å²) in [5, 5.41) is 14.1. The third-order valence-electron chi connectivity index (χ3n) is 3.26. The van der Waals surface area contributed by atoms with E-state index >= 15 is 0 Å². The summed E-state index contributed by atoms with van der Waals surface area (Å²) < 4.78 is 0. The summed E-state index contributed by atoms with van der Waals surface area (Å²) in [6, 6.07) is -0.442. The highest BCUT2D eigenvalue weighted by atomic mass is 16.4. The maximum atomic E-state index is 12.3. The van der Waals surface area contributed by atoms with Crippen LogP contribution in [0.3, 0.4) is 0 Å². The lowest BCUT2D eigenvalue weighted by Gasteiger charge is -2.26. The Balaban J connectivity index is 2.85. The highest BCUT2D eigenvalue weighted by molar-refractivity contribution is 6.03. The first-order chi connectivity index (χ1) is 8.56. The first kappa shape index (κ1) is 14.3. The van der Waals surface area contributed by atoms with Gasteiger partial charge in [-0.1, -0.05) is 12.1 Å². The van der Waals surface area contributed by atoms with Crippen LogP contribution in [0.5, 0.6) is 0 Å². The molecule has 18 heavy (non-hydrogen) atoms. The van der Waals surface area contributed by atoms with E-state index in [4.69, 9.17) is 10.9 Å². The standard InChI is InChI=1S/C11H20N4O3/c1-3-7(9(12)14-18)11(17)15-6-4-5-8(15)10(16)13-2/h7-8,18H,3-6H2,1-2H3,(H2,12,14)(H,13,16). The molecule has 1 aliphatic heterocycles. The van der Waals surface area contributed by atoms with Crippen molar-refractivity contribution in [3.05, 3.63) is 0 Å². The van der Waals surface area contributed by atoms with Gasteiger partial charge in [0.1, 0.15) is 6.04 Å². The van der Waals surface area contributed by atoms with Crippen LogP contribution < -0.4 is 11.1 Å². The number of nitrogens with one attached hydrogen (secondary N) is 1. The number of amidine groups is 1. The molecule has 0 aromatic rings. The molecule has 0 bridgehead atoms. The molecule has 0 aromatic carbocycles. The molecule has 7 nitrogen and oxygen atoms in total. The van der Waals surface area contributed by atoms with E-state index in [0.717, 1.165) is 6.42 Å². The number of hydrogen-bond donors (Lipinski definition) is 3. The van der Waals surface area contributed by atoms with Crippen LogP contribution in [0.4, 0.5) is 0 Å². The number of hydrogen-bond acceptors (Lipinski definition) is 4. The maximum absolute atomic E-state index is 12.3. The van der Waals surface area contributed by atoms with Gasteiger partial charge in [-0.3, -0.25) is 9.59 Å². The molecule has 2 unspecified atom stereocenters. The molecule has 7 heteroatoms. The van der Waals surface area contributed by atoms with Gasteiger partial charge in [0, 0.05) is 13.6 Å². The molecule has 1 fully saturated rings. The topological polar surface area (TPSA) is 108 Å². The van der Waals surface area contributed by atoms with Crippen LogP contribution >= 0.6 is 0 Å². The highest BCUT2D eigenvalue weighted by Crippen LogP contribution is 2.21. The van der Waals surface area contributed by atoms with Gasteiger partial charge in [-0.15, -0.1) is 0 Å². The third-order valence-corrected chi connectivity index (χ3v) is 3.26. The van der Waals surface area contributed by atoms with Gasteiger partial charge >= 0.3 is 0 Å². The van der Waals surface area contributed by atoms with E-state index in [0.29, 0.717) is 19.4 Å². The van der Waals surface area contributed by atoms with Crippen molar-refractivity contribution in [3.63, 3.8) is 0 Å². The molecule has 0 spiro atoms. The summed E-state index contributed by atoms with van der Waals surface area (Å²) in [5.41, 5.74) is 5.50. The lowest BCUT2D eigenvalue weighted by atomic mass is 10.0. The quantitative estimate of drug-likeness (QED) is 0.272. The van der Waals surface area contributed by atoms with Crippen LogP contribution in [0.1, 0.15) is 26.2 Å². The maximum Gasteiger partial charge on any atom is 0.242 e. The predicted molar refractivity (Wildman–Crippen MR) is 66.0 cm³/mol. The second kappa shape index (κ2) is 6.23. The van der Waals surface area contributed by atoms with Crippen LogP contribution in [-0.4, -0.2) is 47.4 Å². The van der Waals surface area contributed by atoms with Gasteiger partial charge in [-0.05, 0) is 19.3 Å². The van der Waals surface area contributed by atoms with Gasteiger partial charge < -0.3 is 21.2 Å². The Morgan fingerprint density at radius 2 is 2.28 bits per heavy atom. The van der Waals surface area contributed by atoms with Crippen LogP contribution in [0.15, 0.2) is 5.16 Å². The first-order valence-electron chi connectivity index (χ1n) is 6.06. The summed E-state index contributed by atoms with van der Waals surface area (Å²) in [6.45, 7) is 2.32. The average molecular weight is 256 g/mol. The van der Waals surface area contributed by atoms with Gasteiger partial charge in [-0.2, -0.15) is 0 Å². The van der Waals surface area contributed by atoms with Crippen LogP contribution in [0, 0.1) is 5.92 Å². The summed E-state index contributed by atoms with van der Waals surface area (Å²) in [5.74, 6) is -1.19. The molecule has 0 saturated carbocycles. The van der Waals surface area contributed by atoms with Gasteiger partial charge in [0.15, 0.2) is 5.84 Å². The monoisotopic (exact) mass is 256 g/mol. The number of likely N-dealkylation sites (tertiary alicyclic amines) is 1. The Labute approximate surface area is 106 Å². The molecule has 1 rings (SSSR count). The van der Waals surface area contributed by atoms with Crippen molar-refractivity contribution in [2.45, 2.75) is 32.2 Å². The third kappa shape index (κ3) is 2.72. The van der Waals surface area contributed by atoms with E-state index in [2.05, 4.69) is 10.5 Å². The molecule has 0 aromatic heterocycles. The molecule has 4 N–H and O–H groups in total. The second-order valence-electron chi connectivity index (χ2n) is 4.29. The van der Waals surface area contributed by atoms with Crippen molar-refractivity contribution < 1.29 is 14.8 Å². The van der Waals surface area contributed by atoms with Crippen molar-refractivity contribution in [1.29, 1.82) is 0 Å². The molecule has 1 heterocycles. The minimum atomic E-state index is -0.666. The normalized spacial score (nSPS) is 21.8. The minimum Gasteiger partial charge on any atom is -0.409 e.